The number of pyridine rings is 1. The van der Waals surface area contributed by atoms with E-state index in [0.717, 1.165) is 83.6 Å². The van der Waals surface area contributed by atoms with E-state index in [0.29, 0.717) is 18.3 Å². The van der Waals surface area contributed by atoms with Crippen LogP contribution in [0.5, 0.6) is 5.75 Å². The molecule has 4 aliphatic rings. The first-order valence-corrected chi connectivity index (χ1v) is 15.3. The summed E-state index contributed by atoms with van der Waals surface area (Å²) in [4.78, 5) is 25.5. The van der Waals surface area contributed by atoms with Crippen LogP contribution < -0.4 is 21.2 Å². The number of amides is 1. The minimum Gasteiger partial charge on any atom is -0.494 e. The van der Waals surface area contributed by atoms with Crippen molar-refractivity contribution in [1.29, 1.82) is 0 Å². The Bertz CT molecular complexity index is 1690. The molecule has 6 heterocycles. The van der Waals surface area contributed by atoms with Crippen molar-refractivity contribution < 1.29 is 9.53 Å². The summed E-state index contributed by atoms with van der Waals surface area (Å²) in [6, 6.07) is 12.5. The highest BCUT2D eigenvalue weighted by Crippen LogP contribution is 2.50. The zero-order valence-electron chi connectivity index (χ0n) is 24.1. The standard InChI is InChI=1S/C32H35N9O2/c1-2-43-24-10-5-18(6-11-24)26-12-7-20(15-34-26)25-16-37-41-29(33)27(19-3-4-19)28(38-31(25)41)21-13-22-8-9-23(14-21)40(22)32(42)30-35-17-36-39-30/h5-7,10-12,15-17,19,21-23,30,39H,2-4,8-9,13-14,33H2,1H3,(H,35,36)/t21-,22-,23?,30?/m0/s1. The fourth-order valence-electron chi connectivity index (χ4n) is 7.26. The molecule has 1 amide bonds. The molecule has 1 saturated carbocycles. The average Bonchev–Trinajstić information content (AvgIpc) is 3.41. The van der Waals surface area contributed by atoms with Crippen LogP contribution in [0.1, 0.15) is 68.5 Å². The lowest BCUT2D eigenvalue weighted by molar-refractivity contribution is -0.138. The number of carbonyl (C=O) groups excluding carboxylic acids is 1. The van der Waals surface area contributed by atoms with Crippen molar-refractivity contribution in [1.82, 2.24) is 35.2 Å². The molecule has 1 aliphatic carbocycles. The number of piperidine rings is 1. The zero-order valence-corrected chi connectivity index (χ0v) is 24.1. The van der Waals surface area contributed by atoms with E-state index >= 15 is 0 Å². The Balaban J connectivity index is 1.11. The summed E-state index contributed by atoms with van der Waals surface area (Å²) >= 11 is 0. The molecule has 4 atom stereocenters. The molecule has 2 unspecified atom stereocenters. The number of nitrogen functional groups attached to an aromatic ring is 1. The third kappa shape index (κ3) is 4.45. The van der Waals surface area contributed by atoms with Gasteiger partial charge in [-0.15, -0.1) is 0 Å². The van der Waals surface area contributed by atoms with E-state index < -0.39 is 6.17 Å². The number of hydrogen-bond donors (Lipinski definition) is 3. The first-order valence-electron chi connectivity index (χ1n) is 15.3. The molecule has 2 saturated heterocycles. The van der Waals surface area contributed by atoms with Crippen molar-refractivity contribution >= 4 is 23.7 Å². The molecule has 0 spiro atoms. The molecule has 3 aromatic heterocycles. The van der Waals surface area contributed by atoms with Gasteiger partial charge in [-0.2, -0.15) is 14.7 Å². The maximum atomic E-state index is 13.3. The van der Waals surface area contributed by atoms with Gasteiger partial charge >= 0.3 is 0 Å². The summed E-state index contributed by atoms with van der Waals surface area (Å²) in [5.74, 6) is 2.29. The number of anilines is 1. The minimum absolute atomic E-state index is 0.0769. The Morgan fingerprint density at radius 1 is 1.00 bits per heavy atom. The number of carbonyl (C=O) groups is 1. The molecule has 3 aliphatic heterocycles. The topological polar surface area (TPSA) is 135 Å². The van der Waals surface area contributed by atoms with Crippen LogP contribution >= 0.6 is 0 Å². The van der Waals surface area contributed by atoms with E-state index in [2.05, 4.69) is 31.9 Å². The largest absolute Gasteiger partial charge is 0.494 e. The Morgan fingerprint density at radius 2 is 1.77 bits per heavy atom. The fraction of sp³-hybridized carbons (Fsp3) is 0.406. The molecule has 3 fully saturated rings. The van der Waals surface area contributed by atoms with Gasteiger partial charge in [0.25, 0.3) is 5.91 Å². The summed E-state index contributed by atoms with van der Waals surface area (Å²) in [6.45, 7) is 2.62. The fourth-order valence-corrected chi connectivity index (χ4v) is 7.26. The van der Waals surface area contributed by atoms with Crippen LogP contribution in [0.3, 0.4) is 0 Å². The summed E-state index contributed by atoms with van der Waals surface area (Å²) in [5, 5.41) is 11.7. The second-order valence-corrected chi connectivity index (χ2v) is 12.0. The van der Waals surface area contributed by atoms with Gasteiger partial charge in [0, 0.05) is 46.5 Å². The van der Waals surface area contributed by atoms with Crippen molar-refractivity contribution in [2.45, 2.75) is 75.5 Å². The summed E-state index contributed by atoms with van der Waals surface area (Å²) in [6.07, 6.45) is 10.9. The lowest BCUT2D eigenvalue weighted by Crippen LogP contribution is -2.55. The lowest BCUT2D eigenvalue weighted by atomic mass is 9.85. The molecule has 43 heavy (non-hydrogen) atoms. The van der Waals surface area contributed by atoms with Crippen LogP contribution in [0.25, 0.3) is 28.0 Å². The van der Waals surface area contributed by atoms with E-state index in [-0.39, 0.29) is 23.9 Å². The van der Waals surface area contributed by atoms with Gasteiger partial charge < -0.3 is 20.7 Å². The van der Waals surface area contributed by atoms with E-state index in [9.17, 15) is 4.79 Å². The lowest BCUT2D eigenvalue weighted by Gasteiger charge is -2.40. The SMILES string of the molecule is CCOc1ccc(-c2ccc(-c3cnn4c(N)c(C5CC5)c([C@@H]5CC6CC[C@@H](C5)N6C(=O)C5NC=NN5)nc34)cn2)cc1. The number of aromatic nitrogens is 4. The van der Waals surface area contributed by atoms with Crippen molar-refractivity contribution in [2.24, 2.45) is 5.10 Å². The number of nitrogens with one attached hydrogen (secondary N) is 2. The molecule has 220 valence electrons. The van der Waals surface area contributed by atoms with Crippen molar-refractivity contribution in [3.63, 3.8) is 0 Å². The quantitative estimate of drug-likeness (QED) is 0.300. The second kappa shape index (κ2) is 10.3. The van der Waals surface area contributed by atoms with Crippen LogP contribution in [0.2, 0.25) is 0 Å². The Kier molecular flexibility index (Phi) is 6.20. The van der Waals surface area contributed by atoms with Crippen LogP contribution in [0, 0.1) is 0 Å². The van der Waals surface area contributed by atoms with Crippen LogP contribution in [-0.4, -0.2) is 61.6 Å². The molecule has 1 aromatic carbocycles. The maximum absolute atomic E-state index is 13.3. The molecule has 11 nitrogen and oxygen atoms in total. The predicted octanol–water partition coefficient (Wildman–Crippen LogP) is 4.02. The third-order valence-electron chi connectivity index (χ3n) is 9.40. The van der Waals surface area contributed by atoms with Gasteiger partial charge in [-0.25, -0.2) is 4.98 Å². The Labute approximate surface area is 249 Å². The highest BCUT2D eigenvalue weighted by atomic mass is 16.5. The molecule has 11 heteroatoms. The maximum Gasteiger partial charge on any atom is 0.267 e. The van der Waals surface area contributed by atoms with Gasteiger partial charge in [-0.1, -0.05) is 6.07 Å². The summed E-state index contributed by atoms with van der Waals surface area (Å²) < 4.78 is 7.38. The van der Waals surface area contributed by atoms with E-state index in [1.807, 2.05) is 49.6 Å². The van der Waals surface area contributed by atoms with Crippen molar-refractivity contribution in [2.75, 3.05) is 12.3 Å². The number of nitrogens with two attached hydrogens (primary N) is 1. The van der Waals surface area contributed by atoms with Crippen molar-refractivity contribution in [3.8, 4) is 28.1 Å². The Hall–Kier alpha value is -4.67. The Morgan fingerprint density at radius 3 is 2.42 bits per heavy atom. The minimum atomic E-state index is -0.476. The number of hydrogen-bond acceptors (Lipinski definition) is 9. The molecule has 4 N–H and O–H groups in total. The molecular weight excluding hydrogens is 542 g/mol. The summed E-state index contributed by atoms with van der Waals surface area (Å²) in [5.41, 5.74) is 16.5. The number of benzene rings is 1. The van der Waals surface area contributed by atoms with Gasteiger partial charge in [-0.05, 0) is 81.7 Å². The molecular formula is C32H35N9O2. The molecule has 2 bridgehead atoms. The number of ether oxygens (including phenoxy) is 1. The molecule has 4 aromatic rings. The van der Waals surface area contributed by atoms with Gasteiger partial charge in [0.05, 0.1) is 24.2 Å². The summed E-state index contributed by atoms with van der Waals surface area (Å²) in [7, 11) is 0. The average molecular weight is 578 g/mol. The van der Waals surface area contributed by atoms with Crippen LogP contribution in [-0.2, 0) is 4.79 Å². The first-order chi connectivity index (χ1) is 21.1. The van der Waals surface area contributed by atoms with Gasteiger partial charge in [0.15, 0.2) is 11.8 Å². The first kappa shape index (κ1) is 26.0. The number of fused-ring (bicyclic) bond motifs is 3. The van der Waals surface area contributed by atoms with Crippen LogP contribution in [0.4, 0.5) is 5.82 Å². The monoisotopic (exact) mass is 577 g/mol. The van der Waals surface area contributed by atoms with Gasteiger partial charge in [-0.3, -0.25) is 15.2 Å². The van der Waals surface area contributed by atoms with Crippen molar-refractivity contribution in [3.05, 3.63) is 60.0 Å². The van der Waals surface area contributed by atoms with Gasteiger partial charge in [0.2, 0.25) is 0 Å². The number of hydrazone groups is 1. The molecule has 8 rings (SSSR count). The highest BCUT2D eigenvalue weighted by Gasteiger charge is 2.47. The van der Waals surface area contributed by atoms with E-state index in [4.69, 9.17) is 20.4 Å². The normalized spacial score (nSPS) is 24.3. The van der Waals surface area contributed by atoms with Crippen LogP contribution in [0.15, 0.2) is 53.9 Å². The molecule has 0 radical (unpaired) electrons. The zero-order chi connectivity index (χ0) is 29.1. The van der Waals surface area contributed by atoms with Gasteiger partial charge in [0.1, 0.15) is 17.9 Å². The number of nitrogens with zero attached hydrogens (tertiary/aromatic N) is 6. The van der Waals surface area contributed by atoms with E-state index in [1.165, 1.54) is 0 Å². The third-order valence-corrected chi connectivity index (χ3v) is 9.40. The highest BCUT2D eigenvalue weighted by molar-refractivity contribution is 5.86. The number of rotatable bonds is 7. The predicted molar refractivity (Wildman–Crippen MR) is 163 cm³/mol. The second-order valence-electron chi connectivity index (χ2n) is 12.0. The van der Waals surface area contributed by atoms with E-state index in [1.54, 1.807) is 10.9 Å². The smallest absolute Gasteiger partial charge is 0.267 e.